The monoisotopic (exact) mass is 230 g/mol. The van der Waals surface area contributed by atoms with Crippen molar-refractivity contribution in [3.05, 3.63) is 0 Å². The molecule has 0 spiro atoms. The van der Waals surface area contributed by atoms with E-state index in [0.29, 0.717) is 18.1 Å². The molecule has 0 aromatic rings. The van der Waals surface area contributed by atoms with Gasteiger partial charge in [0.15, 0.2) is 9.84 Å². The number of sulfone groups is 1. The number of piperidine rings is 1. The van der Waals surface area contributed by atoms with Gasteiger partial charge in [-0.1, -0.05) is 0 Å². The van der Waals surface area contributed by atoms with Crippen molar-refractivity contribution in [1.82, 2.24) is 4.90 Å². The number of rotatable bonds is 2. The quantitative estimate of drug-likeness (QED) is 0.770. The summed E-state index contributed by atoms with van der Waals surface area (Å²) in [6.45, 7) is 1.42. The molecular formula is C10H18N2O2S. The van der Waals surface area contributed by atoms with E-state index < -0.39 is 9.84 Å². The van der Waals surface area contributed by atoms with Gasteiger partial charge in [0.1, 0.15) is 0 Å². The van der Waals surface area contributed by atoms with Crippen molar-refractivity contribution in [2.45, 2.75) is 37.4 Å². The van der Waals surface area contributed by atoms with Crippen LogP contribution in [-0.4, -0.2) is 43.2 Å². The number of hydrogen-bond acceptors (Lipinski definition) is 3. The van der Waals surface area contributed by atoms with Gasteiger partial charge in [-0.15, -0.1) is 0 Å². The first-order valence-electron chi connectivity index (χ1n) is 5.63. The van der Waals surface area contributed by atoms with E-state index in [-0.39, 0.29) is 5.25 Å². The first-order chi connectivity index (χ1) is 7.09. The summed E-state index contributed by atoms with van der Waals surface area (Å²) in [6, 6.07) is 0. The lowest BCUT2D eigenvalue weighted by Gasteiger charge is -2.31. The van der Waals surface area contributed by atoms with Crippen molar-refractivity contribution in [2.75, 3.05) is 18.8 Å². The minimum atomic E-state index is -2.85. The molecule has 86 valence electrons. The standard InChI is InChI=1S/C10H18N2O2S/c11-10-5-1-2-6-12(10)8-9-4-3-7-15(9,13)14/h9,11H,1-8H2. The minimum Gasteiger partial charge on any atom is -0.359 e. The lowest BCUT2D eigenvalue weighted by atomic mass is 10.1. The van der Waals surface area contributed by atoms with E-state index in [4.69, 9.17) is 5.41 Å². The summed E-state index contributed by atoms with van der Waals surface area (Å²) in [5, 5.41) is 7.56. The smallest absolute Gasteiger partial charge is 0.154 e. The van der Waals surface area contributed by atoms with Gasteiger partial charge in [-0.3, -0.25) is 5.41 Å². The normalized spacial score (nSPS) is 30.8. The Bertz CT molecular complexity index is 350. The molecule has 1 N–H and O–H groups in total. The zero-order valence-electron chi connectivity index (χ0n) is 8.91. The lowest BCUT2D eigenvalue weighted by Crippen LogP contribution is -2.41. The molecule has 2 aliphatic heterocycles. The number of nitrogens with zero attached hydrogens (tertiary/aromatic N) is 1. The molecule has 0 amide bonds. The second-order valence-electron chi connectivity index (χ2n) is 4.48. The van der Waals surface area contributed by atoms with E-state index in [1.807, 2.05) is 4.90 Å². The Morgan fingerprint density at radius 1 is 1.33 bits per heavy atom. The van der Waals surface area contributed by atoms with Crippen LogP contribution in [0.2, 0.25) is 0 Å². The van der Waals surface area contributed by atoms with Gasteiger partial charge in [-0.2, -0.15) is 0 Å². The predicted octanol–water partition coefficient (Wildman–Crippen LogP) is 1.03. The second kappa shape index (κ2) is 4.12. The highest BCUT2D eigenvalue weighted by Crippen LogP contribution is 2.22. The maximum absolute atomic E-state index is 11.6. The molecule has 2 aliphatic rings. The molecule has 2 rings (SSSR count). The van der Waals surface area contributed by atoms with Gasteiger partial charge in [-0.05, 0) is 25.7 Å². The van der Waals surface area contributed by atoms with Crippen LogP contribution in [0, 0.1) is 5.41 Å². The van der Waals surface area contributed by atoms with Crippen molar-refractivity contribution in [1.29, 1.82) is 5.41 Å². The summed E-state index contributed by atoms with van der Waals surface area (Å²) in [6.07, 6.45) is 4.56. The molecule has 0 aliphatic carbocycles. The average molecular weight is 230 g/mol. The maximum atomic E-state index is 11.6. The first kappa shape index (κ1) is 10.9. The zero-order chi connectivity index (χ0) is 10.9. The van der Waals surface area contributed by atoms with Crippen LogP contribution in [0.5, 0.6) is 0 Å². The Kier molecular flexibility index (Phi) is 3.00. The Hall–Kier alpha value is -0.580. The molecular weight excluding hydrogens is 212 g/mol. The molecule has 2 saturated heterocycles. The van der Waals surface area contributed by atoms with Crippen LogP contribution in [0.1, 0.15) is 32.1 Å². The topological polar surface area (TPSA) is 61.2 Å². The Balaban J connectivity index is 1.99. The summed E-state index contributed by atoms with van der Waals surface area (Å²) in [7, 11) is -2.85. The molecule has 0 bridgehead atoms. The molecule has 5 heteroatoms. The van der Waals surface area contributed by atoms with Gasteiger partial charge in [-0.25, -0.2) is 8.42 Å². The van der Waals surface area contributed by atoms with Gasteiger partial charge in [0.2, 0.25) is 0 Å². The highest BCUT2D eigenvalue weighted by molar-refractivity contribution is 7.92. The highest BCUT2D eigenvalue weighted by atomic mass is 32.2. The molecule has 1 atom stereocenters. The fraction of sp³-hybridized carbons (Fsp3) is 0.900. The third-order valence-electron chi connectivity index (χ3n) is 3.36. The van der Waals surface area contributed by atoms with E-state index in [9.17, 15) is 8.42 Å². The van der Waals surface area contributed by atoms with E-state index in [1.54, 1.807) is 0 Å². The van der Waals surface area contributed by atoms with Crippen molar-refractivity contribution in [3.8, 4) is 0 Å². The van der Waals surface area contributed by atoms with E-state index >= 15 is 0 Å². The molecule has 0 radical (unpaired) electrons. The first-order valence-corrected chi connectivity index (χ1v) is 7.35. The van der Waals surface area contributed by atoms with Gasteiger partial charge >= 0.3 is 0 Å². The molecule has 0 saturated carbocycles. The molecule has 0 aromatic heterocycles. The van der Waals surface area contributed by atoms with Gasteiger partial charge in [0, 0.05) is 19.5 Å². The summed E-state index contributed by atoms with van der Waals surface area (Å²) >= 11 is 0. The van der Waals surface area contributed by atoms with Crippen molar-refractivity contribution in [3.63, 3.8) is 0 Å². The van der Waals surface area contributed by atoms with Crippen molar-refractivity contribution in [2.24, 2.45) is 0 Å². The van der Waals surface area contributed by atoms with E-state index in [1.165, 1.54) is 0 Å². The zero-order valence-corrected chi connectivity index (χ0v) is 9.72. The largest absolute Gasteiger partial charge is 0.359 e. The van der Waals surface area contributed by atoms with Crippen LogP contribution in [-0.2, 0) is 9.84 Å². The lowest BCUT2D eigenvalue weighted by molar-refractivity contribution is 0.361. The molecule has 15 heavy (non-hydrogen) atoms. The molecule has 2 heterocycles. The number of nitrogens with one attached hydrogen (secondary N) is 1. The third kappa shape index (κ3) is 2.33. The summed E-state index contributed by atoms with van der Waals surface area (Å²) in [4.78, 5) is 1.96. The fourth-order valence-corrected chi connectivity index (χ4v) is 4.23. The Labute approximate surface area is 91.1 Å². The van der Waals surface area contributed by atoms with Crippen LogP contribution in [0.4, 0.5) is 0 Å². The average Bonchev–Trinajstić information content (AvgIpc) is 2.50. The van der Waals surface area contributed by atoms with Crippen LogP contribution < -0.4 is 0 Å². The van der Waals surface area contributed by atoms with Crippen LogP contribution >= 0.6 is 0 Å². The maximum Gasteiger partial charge on any atom is 0.154 e. The summed E-state index contributed by atoms with van der Waals surface area (Å²) in [5.41, 5.74) is 0. The highest BCUT2D eigenvalue weighted by Gasteiger charge is 2.33. The summed E-state index contributed by atoms with van der Waals surface area (Å²) < 4.78 is 23.3. The van der Waals surface area contributed by atoms with E-state index in [0.717, 1.165) is 38.6 Å². The molecule has 0 aromatic carbocycles. The predicted molar refractivity (Wildman–Crippen MR) is 60.0 cm³/mol. The number of likely N-dealkylation sites (tertiary alicyclic amines) is 1. The molecule has 1 unspecified atom stereocenters. The second-order valence-corrected chi connectivity index (χ2v) is 6.88. The fourth-order valence-electron chi connectivity index (χ4n) is 2.40. The molecule has 4 nitrogen and oxygen atoms in total. The van der Waals surface area contributed by atoms with E-state index in [2.05, 4.69) is 0 Å². The summed E-state index contributed by atoms with van der Waals surface area (Å²) in [5.74, 6) is 0.974. The number of amidine groups is 1. The van der Waals surface area contributed by atoms with Crippen molar-refractivity contribution < 1.29 is 8.42 Å². The van der Waals surface area contributed by atoms with Gasteiger partial charge in [0.05, 0.1) is 16.8 Å². The number of hydrogen-bond donors (Lipinski definition) is 1. The Morgan fingerprint density at radius 2 is 2.13 bits per heavy atom. The Morgan fingerprint density at radius 3 is 2.73 bits per heavy atom. The SMILES string of the molecule is N=C1CCCCN1CC1CCCS1(=O)=O. The van der Waals surface area contributed by atoms with Gasteiger partial charge < -0.3 is 4.90 Å². The third-order valence-corrected chi connectivity index (χ3v) is 5.62. The van der Waals surface area contributed by atoms with Crippen LogP contribution in [0.25, 0.3) is 0 Å². The van der Waals surface area contributed by atoms with Crippen LogP contribution in [0.3, 0.4) is 0 Å². The van der Waals surface area contributed by atoms with Crippen LogP contribution in [0.15, 0.2) is 0 Å². The van der Waals surface area contributed by atoms with Gasteiger partial charge in [0.25, 0.3) is 0 Å². The molecule has 2 fully saturated rings. The van der Waals surface area contributed by atoms with Crippen molar-refractivity contribution >= 4 is 15.7 Å². The minimum absolute atomic E-state index is 0.212.